The highest BCUT2D eigenvalue weighted by molar-refractivity contribution is 7.80. The Balaban J connectivity index is -0.00000113. The molecule has 0 aliphatic heterocycles. The third kappa shape index (κ3) is 35.5. The summed E-state index contributed by atoms with van der Waals surface area (Å²) in [6.07, 6.45) is 26.2. The van der Waals surface area contributed by atoms with E-state index in [1.54, 1.807) is 0 Å². The van der Waals surface area contributed by atoms with Gasteiger partial charge in [-0.1, -0.05) is 129 Å². The summed E-state index contributed by atoms with van der Waals surface area (Å²) in [4.78, 5) is 0. The summed E-state index contributed by atoms with van der Waals surface area (Å²) < 4.78 is 34.9. The molecule has 0 aliphatic rings. The Morgan fingerprint density at radius 3 is 1.00 bits per heavy atom. The highest BCUT2D eigenvalue weighted by Gasteiger charge is 1.97. The van der Waals surface area contributed by atoms with Crippen molar-refractivity contribution >= 4 is 10.4 Å². The van der Waals surface area contributed by atoms with Crippen LogP contribution in [0, 0.1) is 0 Å². The molecule has 188 valence electrons. The maximum atomic E-state index is 10.3. The van der Waals surface area contributed by atoms with Crippen molar-refractivity contribution in [1.29, 1.82) is 0 Å². The van der Waals surface area contributed by atoms with Gasteiger partial charge < -0.3 is 29.3 Å². The summed E-state index contributed by atoms with van der Waals surface area (Å²) in [6.45, 7) is 2.31. The zero-order valence-electron chi connectivity index (χ0n) is 20.3. The Hall–Kier alpha value is 0.0800. The minimum atomic E-state index is -4.50. The van der Waals surface area contributed by atoms with Gasteiger partial charge in [0.15, 0.2) is 0 Å². The van der Waals surface area contributed by atoms with Crippen molar-refractivity contribution in [2.24, 2.45) is 0 Å². The molecule has 0 heterocycles. The summed E-state index contributed by atoms with van der Waals surface area (Å²) in [5.74, 6) is 0. The second-order valence-electron chi connectivity index (χ2n) is 7.95. The lowest BCUT2D eigenvalue weighted by Crippen LogP contribution is -3.00. The molecule has 0 saturated carbocycles. The van der Waals surface area contributed by atoms with E-state index in [0.717, 1.165) is 12.8 Å². The van der Waals surface area contributed by atoms with Crippen LogP contribution >= 0.6 is 0 Å². The molecule has 30 heavy (non-hydrogen) atoms. The molecule has 0 aromatic carbocycles. The van der Waals surface area contributed by atoms with Gasteiger partial charge in [0, 0.05) is 0 Å². The molecule has 0 saturated heterocycles. The van der Waals surface area contributed by atoms with Crippen molar-refractivity contribution in [2.45, 2.75) is 135 Å². The summed E-state index contributed by atoms with van der Waals surface area (Å²) in [5, 5.41) is 0. The Bertz CT molecular complexity index is 399. The third-order valence-electron chi connectivity index (χ3n) is 5.23. The molecule has 0 atom stereocenters. The van der Waals surface area contributed by atoms with E-state index in [4.69, 9.17) is 0 Å². The van der Waals surface area contributed by atoms with Crippen LogP contribution in [0.25, 0.3) is 0 Å². The van der Waals surface area contributed by atoms with Crippen molar-refractivity contribution in [3.8, 4) is 0 Å². The molecule has 0 spiro atoms. The van der Waals surface area contributed by atoms with Crippen LogP contribution in [0.5, 0.6) is 0 Å². The quantitative estimate of drug-likeness (QED) is 0.128. The van der Waals surface area contributed by atoms with Gasteiger partial charge in [-0.25, -0.2) is 8.42 Å². The minimum Gasteiger partial charge on any atom is -1.00 e. The molecule has 0 bridgehead atoms. The third-order valence-corrected chi connectivity index (χ3v) is 5.68. The zero-order valence-corrected chi connectivity index (χ0v) is 21.8. The molecular formula is C22H53ClN2O4S. The van der Waals surface area contributed by atoms with E-state index in [1.807, 2.05) is 0 Å². The predicted molar refractivity (Wildman–Crippen MR) is 126 cm³/mol. The molecule has 0 aromatic rings. The van der Waals surface area contributed by atoms with Crippen molar-refractivity contribution in [1.82, 2.24) is 12.3 Å². The Labute approximate surface area is 194 Å². The summed E-state index contributed by atoms with van der Waals surface area (Å²) in [7, 11) is -4.50. The lowest BCUT2D eigenvalue weighted by molar-refractivity contribution is -0.0000136. The monoisotopic (exact) mass is 476 g/mol. The van der Waals surface area contributed by atoms with E-state index in [-0.39, 0.29) is 31.3 Å². The molecule has 6 nitrogen and oxygen atoms in total. The van der Waals surface area contributed by atoms with Gasteiger partial charge in [-0.2, -0.15) is 0 Å². The first-order valence-electron chi connectivity index (χ1n) is 11.7. The fourth-order valence-electron chi connectivity index (χ4n) is 3.52. The number of halogens is 1. The standard InChI is InChI=1S/C22H46O4S.ClH.2H3N/c1-2-3-4-5-6-7-8-9-10-11-12-13-14-15-16-17-18-19-20-21-22-26-27(23,24)25;;;/h2-22H2,1H3,(H,23,24,25);1H;2*1H3. The first-order chi connectivity index (χ1) is 13.1. The highest BCUT2D eigenvalue weighted by Crippen LogP contribution is 2.14. The van der Waals surface area contributed by atoms with Crippen LogP contribution in [-0.4, -0.2) is 19.6 Å². The maximum Gasteiger partial charge on any atom is 0.217 e. The Morgan fingerprint density at radius 2 is 0.767 bits per heavy atom. The van der Waals surface area contributed by atoms with Crippen LogP contribution in [0.15, 0.2) is 0 Å². The van der Waals surface area contributed by atoms with E-state index in [9.17, 15) is 13.0 Å². The van der Waals surface area contributed by atoms with Gasteiger partial charge >= 0.3 is 0 Å². The maximum absolute atomic E-state index is 10.3. The molecule has 0 rings (SSSR count). The molecule has 0 radical (unpaired) electrons. The van der Waals surface area contributed by atoms with Crippen molar-refractivity contribution < 1.29 is 29.6 Å². The zero-order chi connectivity index (χ0) is 20.1. The number of hydrogen-bond acceptors (Lipinski definition) is 4. The van der Waals surface area contributed by atoms with Gasteiger partial charge in [0.25, 0.3) is 0 Å². The Morgan fingerprint density at radius 1 is 0.533 bits per heavy atom. The average molecular weight is 477 g/mol. The van der Waals surface area contributed by atoms with Crippen LogP contribution in [0.3, 0.4) is 0 Å². The second kappa shape index (κ2) is 29.1. The topological polar surface area (TPSA) is 139 Å². The van der Waals surface area contributed by atoms with Gasteiger partial charge in [0.1, 0.15) is 0 Å². The predicted octanol–water partition coefficient (Wildman–Crippen LogP) is 5.04. The molecule has 8 N–H and O–H groups in total. The molecule has 8 heteroatoms. The first kappa shape index (κ1) is 37.4. The van der Waals surface area contributed by atoms with E-state index in [0.29, 0.717) is 6.42 Å². The normalized spacial score (nSPS) is 10.7. The SMILES string of the molecule is CCCCCCCCCCCCCCCCCCCCCCOS(=O)(=O)[O-].[Cl-].[NH4+].[NH4+]. The van der Waals surface area contributed by atoms with Gasteiger partial charge in [0.2, 0.25) is 10.4 Å². The number of unbranched alkanes of at least 4 members (excludes halogenated alkanes) is 19. The van der Waals surface area contributed by atoms with E-state index in [1.165, 1.54) is 109 Å². The summed E-state index contributed by atoms with van der Waals surface area (Å²) >= 11 is 0. The molecule has 0 aromatic heterocycles. The summed E-state index contributed by atoms with van der Waals surface area (Å²) in [5.41, 5.74) is 0. The van der Waals surface area contributed by atoms with Crippen molar-refractivity contribution in [3.63, 3.8) is 0 Å². The minimum absolute atomic E-state index is 0. The van der Waals surface area contributed by atoms with Crippen molar-refractivity contribution in [3.05, 3.63) is 0 Å². The molecular weight excluding hydrogens is 424 g/mol. The average Bonchev–Trinajstić information content (AvgIpc) is 2.62. The van der Waals surface area contributed by atoms with E-state index in [2.05, 4.69) is 11.1 Å². The van der Waals surface area contributed by atoms with Crippen LogP contribution < -0.4 is 24.7 Å². The van der Waals surface area contributed by atoms with E-state index >= 15 is 0 Å². The second-order valence-corrected chi connectivity index (χ2v) is 9.00. The molecule has 0 amide bonds. The summed E-state index contributed by atoms with van der Waals surface area (Å²) in [6, 6.07) is 0. The van der Waals surface area contributed by atoms with Gasteiger partial charge in [0.05, 0.1) is 6.61 Å². The number of rotatable bonds is 22. The molecule has 0 unspecified atom stereocenters. The van der Waals surface area contributed by atoms with Crippen LogP contribution in [0.1, 0.15) is 135 Å². The molecule has 0 fully saturated rings. The Kier molecular flexibility index (Phi) is 36.3. The lowest BCUT2D eigenvalue weighted by Gasteiger charge is -2.07. The lowest BCUT2D eigenvalue weighted by atomic mass is 10.0. The van der Waals surface area contributed by atoms with Crippen LogP contribution in [-0.2, 0) is 14.6 Å². The fourth-order valence-corrected chi connectivity index (χ4v) is 3.84. The smallest absolute Gasteiger partial charge is 0.217 e. The molecule has 0 aliphatic carbocycles. The van der Waals surface area contributed by atoms with Crippen LogP contribution in [0.4, 0.5) is 0 Å². The van der Waals surface area contributed by atoms with Gasteiger partial charge in [-0.05, 0) is 6.42 Å². The van der Waals surface area contributed by atoms with Crippen LogP contribution in [0.2, 0.25) is 0 Å². The largest absolute Gasteiger partial charge is 1.00 e. The van der Waals surface area contributed by atoms with Gasteiger partial charge in [-0.3, -0.25) is 4.18 Å². The van der Waals surface area contributed by atoms with Crippen molar-refractivity contribution in [2.75, 3.05) is 6.61 Å². The van der Waals surface area contributed by atoms with E-state index < -0.39 is 10.4 Å². The first-order valence-corrected chi connectivity index (χ1v) is 13.0. The number of hydrogen-bond donors (Lipinski definition) is 2. The fraction of sp³-hybridized carbons (Fsp3) is 1.00. The highest BCUT2D eigenvalue weighted by atomic mass is 35.5. The number of quaternary nitrogens is 2. The van der Waals surface area contributed by atoms with Gasteiger partial charge in [-0.15, -0.1) is 0 Å².